The molecule has 0 atom stereocenters. The maximum absolute atomic E-state index is 11.9. The van der Waals surface area contributed by atoms with E-state index < -0.39 is 0 Å². The van der Waals surface area contributed by atoms with Crippen LogP contribution in [0.25, 0.3) is 0 Å². The first-order valence-corrected chi connectivity index (χ1v) is 6.14. The van der Waals surface area contributed by atoms with Gasteiger partial charge in [0, 0.05) is 24.1 Å². The maximum atomic E-state index is 11.9. The summed E-state index contributed by atoms with van der Waals surface area (Å²) in [6.07, 6.45) is 3.95. The molecule has 0 saturated heterocycles. The molecule has 0 bridgehead atoms. The fraction of sp³-hybridized carbons (Fsp3) is 0.214. The van der Waals surface area contributed by atoms with Crippen LogP contribution in [0.5, 0.6) is 0 Å². The predicted octanol–water partition coefficient (Wildman–Crippen LogP) is 2.63. The van der Waals surface area contributed by atoms with Gasteiger partial charge >= 0.3 is 0 Å². The van der Waals surface area contributed by atoms with Gasteiger partial charge in [-0.25, -0.2) is 0 Å². The first kappa shape index (κ1) is 10.9. The van der Waals surface area contributed by atoms with E-state index in [4.69, 9.17) is 0 Å². The summed E-state index contributed by atoms with van der Waals surface area (Å²) in [4.78, 5) is 14.8. The van der Waals surface area contributed by atoms with Crippen molar-refractivity contribution >= 4 is 17.3 Å². The molecule has 1 amide bonds. The summed E-state index contributed by atoms with van der Waals surface area (Å²) in [6, 6.07) is 9.57. The molecule has 4 heteroatoms. The van der Waals surface area contributed by atoms with Crippen molar-refractivity contribution in [1.29, 1.82) is 0 Å². The molecule has 2 heterocycles. The lowest BCUT2D eigenvalue weighted by molar-refractivity contribution is 0.102. The van der Waals surface area contributed by atoms with Gasteiger partial charge in [-0.05, 0) is 48.7 Å². The van der Waals surface area contributed by atoms with Crippen LogP contribution >= 0.6 is 0 Å². The Hall–Kier alpha value is -2.23. The number of aromatic amines is 1. The van der Waals surface area contributed by atoms with Gasteiger partial charge in [0.1, 0.15) is 5.69 Å². The third-order valence-corrected chi connectivity index (χ3v) is 3.14. The first-order chi connectivity index (χ1) is 8.83. The fourth-order valence-electron chi connectivity index (χ4n) is 2.22. The average molecular weight is 241 g/mol. The molecule has 2 aromatic rings. The summed E-state index contributed by atoms with van der Waals surface area (Å²) in [5, 5.41) is 6.25. The number of rotatable bonds is 2. The van der Waals surface area contributed by atoms with Crippen LogP contribution in [0.2, 0.25) is 0 Å². The molecule has 3 N–H and O–H groups in total. The van der Waals surface area contributed by atoms with Gasteiger partial charge < -0.3 is 15.6 Å². The standard InChI is InChI=1S/C14H15N3O/c18-14(13-4-2-8-16-13)17-11-5-6-12-10(9-11)3-1-7-15-12/h2,4-6,8-9,15-16H,1,3,7H2,(H,17,18). The van der Waals surface area contributed by atoms with E-state index >= 15 is 0 Å². The zero-order chi connectivity index (χ0) is 12.4. The summed E-state index contributed by atoms with van der Waals surface area (Å²) in [5.74, 6) is -0.108. The number of aromatic nitrogens is 1. The Morgan fingerprint density at radius 1 is 1.28 bits per heavy atom. The van der Waals surface area contributed by atoms with E-state index in [1.54, 1.807) is 12.3 Å². The molecule has 0 fully saturated rings. The van der Waals surface area contributed by atoms with E-state index in [0.29, 0.717) is 5.69 Å². The fourth-order valence-corrected chi connectivity index (χ4v) is 2.22. The summed E-state index contributed by atoms with van der Waals surface area (Å²) in [6.45, 7) is 1.03. The van der Waals surface area contributed by atoms with Crippen molar-refractivity contribution in [2.45, 2.75) is 12.8 Å². The smallest absolute Gasteiger partial charge is 0.272 e. The summed E-state index contributed by atoms with van der Waals surface area (Å²) in [7, 11) is 0. The molecule has 0 saturated carbocycles. The van der Waals surface area contributed by atoms with Crippen molar-refractivity contribution in [2.24, 2.45) is 0 Å². The number of hydrogen-bond donors (Lipinski definition) is 3. The Morgan fingerprint density at radius 2 is 2.22 bits per heavy atom. The van der Waals surface area contributed by atoms with Gasteiger partial charge in [0.2, 0.25) is 0 Å². The van der Waals surface area contributed by atoms with Crippen molar-refractivity contribution in [3.05, 3.63) is 47.8 Å². The maximum Gasteiger partial charge on any atom is 0.272 e. The van der Waals surface area contributed by atoms with Crippen LogP contribution in [-0.4, -0.2) is 17.4 Å². The van der Waals surface area contributed by atoms with Crippen LogP contribution in [0.15, 0.2) is 36.5 Å². The average Bonchev–Trinajstić information content (AvgIpc) is 2.92. The summed E-state index contributed by atoms with van der Waals surface area (Å²) < 4.78 is 0. The minimum atomic E-state index is -0.108. The number of aryl methyl sites for hydroxylation is 1. The topological polar surface area (TPSA) is 56.9 Å². The quantitative estimate of drug-likeness (QED) is 0.757. The van der Waals surface area contributed by atoms with Crippen LogP contribution in [0.4, 0.5) is 11.4 Å². The summed E-state index contributed by atoms with van der Waals surface area (Å²) in [5.41, 5.74) is 3.87. The highest BCUT2D eigenvalue weighted by Gasteiger charge is 2.11. The Kier molecular flexibility index (Phi) is 2.76. The highest BCUT2D eigenvalue weighted by atomic mass is 16.1. The van der Waals surface area contributed by atoms with Crippen LogP contribution in [-0.2, 0) is 6.42 Å². The second kappa shape index (κ2) is 4.56. The molecule has 92 valence electrons. The Bertz CT molecular complexity index is 560. The van der Waals surface area contributed by atoms with Crippen molar-refractivity contribution in [2.75, 3.05) is 17.2 Å². The SMILES string of the molecule is O=C(Nc1ccc2c(c1)CCCN2)c1ccc[nH]1. The Balaban J connectivity index is 1.79. The summed E-state index contributed by atoms with van der Waals surface area (Å²) >= 11 is 0. The Labute approximate surface area is 105 Å². The molecule has 1 aliphatic heterocycles. The molecule has 4 nitrogen and oxygen atoms in total. The first-order valence-electron chi connectivity index (χ1n) is 6.14. The second-order valence-corrected chi connectivity index (χ2v) is 4.44. The minimum Gasteiger partial charge on any atom is -0.385 e. The van der Waals surface area contributed by atoms with Gasteiger partial charge in [0.05, 0.1) is 0 Å². The number of amides is 1. The van der Waals surface area contributed by atoms with E-state index in [9.17, 15) is 4.79 Å². The zero-order valence-corrected chi connectivity index (χ0v) is 9.99. The van der Waals surface area contributed by atoms with Gasteiger partial charge in [-0.2, -0.15) is 0 Å². The molecule has 0 spiro atoms. The predicted molar refractivity (Wildman–Crippen MR) is 72.0 cm³/mol. The molecule has 0 radical (unpaired) electrons. The highest BCUT2D eigenvalue weighted by molar-refractivity contribution is 6.03. The van der Waals surface area contributed by atoms with Crippen molar-refractivity contribution < 1.29 is 4.79 Å². The largest absolute Gasteiger partial charge is 0.385 e. The van der Waals surface area contributed by atoms with Crippen molar-refractivity contribution in [3.8, 4) is 0 Å². The van der Waals surface area contributed by atoms with E-state index in [2.05, 4.69) is 15.6 Å². The molecular formula is C14H15N3O. The molecule has 18 heavy (non-hydrogen) atoms. The lowest BCUT2D eigenvalue weighted by Crippen LogP contribution is -2.14. The lowest BCUT2D eigenvalue weighted by Gasteiger charge is -2.18. The van der Waals surface area contributed by atoms with Crippen molar-refractivity contribution in [1.82, 2.24) is 4.98 Å². The lowest BCUT2D eigenvalue weighted by atomic mass is 10.0. The number of hydrogen-bond acceptors (Lipinski definition) is 2. The molecule has 0 unspecified atom stereocenters. The zero-order valence-electron chi connectivity index (χ0n) is 9.99. The van der Waals surface area contributed by atoms with Gasteiger partial charge in [-0.3, -0.25) is 4.79 Å². The molecule has 1 aromatic carbocycles. The normalized spacial score (nSPS) is 13.6. The van der Waals surface area contributed by atoms with Crippen LogP contribution in [0.1, 0.15) is 22.5 Å². The van der Waals surface area contributed by atoms with Crippen LogP contribution in [0.3, 0.4) is 0 Å². The van der Waals surface area contributed by atoms with Gasteiger partial charge in [-0.1, -0.05) is 0 Å². The van der Waals surface area contributed by atoms with E-state index in [-0.39, 0.29) is 5.91 Å². The van der Waals surface area contributed by atoms with E-state index in [1.165, 1.54) is 11.3 Å². The van der Waals surface area contributed by atoms with E-state index in [0.717, 1.165) is 25.1 Å². The Morgan fingerprint density at radius 3 is 3.06 bits per heavy atom. The number of carbonyl (C=O) groups excluding carboxylic acids is 1. The third-order valence-electron chi connectivity index (χ3n) is 3.14. The minimum absolute atomic E-state index is 0.108. The third kappa shape index (κ3) is 2.09. The monoisotopic (exact) mass is 241 g/mol. The number of H-pyrrole nitrogens is 1. The molecule has 1 aromatic heterocycles. The molecular weight excluding hydrogens is 226 g/mol. The highest BCUT2D eigenvalue weighted by Crippen LogP contribution is 2.25. The number of benzene rings is 1. The number of nitrogens with one attached hydrogen (secondary N) is 3. The van der Waals surface area contributed by atoms with Gasteiger partial charge in [-0.15, -0.1) is 0 Å². The molecule has 1 aliphatic rings. The van der Waals surface area contributed by atoms with Crippen LogP contribution in [0, 0.1) is 0 Å². The number of anilines is 2. The van der Waals surface area contributed by atoms with E-state index in [1.807, 2.05) is 24.3 Å². The number of fused-ring (bicyclic) bond motifs is 1. The molecule has 0 aliphatic carbocycles. The van der Waals surface area contributed by atoms with Gasteiger partial charge in [0.15, 0.2) is 0 Å². The second-order valence-electron chi connectivity index (χ2n) is 4.44. The number of carbonyl (C=O) groups is 1. The van der Waals surface area contributed by atoms with Crippen molar-refractivity contribution in [3.63, 3.8) is 0 Å². The van der Waals surface area contributed by atoms with Crippen LogP contribution < -0.4 is 10.6 Å². The molecule has 3 rings (SSSR count). The van der Waals surface area contributed by atoms with Gasteiger partial charge in [0.25, 0.3) is 5.91 Å².